The van der Waals surface area contributed by atoms with Gasteiger partial charge in [0.25, 0.3) is 0 Å². The van der Waals surface area contributed by atoms with Crippen molar-refractivity contribution < 1.29 is 51.2 Å². The third-order valence-electron chi connectivity index (χ3n) is 1.57. The van der Waals surface area contributed by atoms with Crippen LogP contribution >= 0.6 is 0 Å². The molecule has 1 heterocycles. The minimum atomic E-state index is 0. The van der Waals surface area contributed by atoms with Crippen molar-refractivity contribution in [3.63, 3.8) is 0 Å². The van der Waals surface area contributed by atoms with Gasteiger partial charge in [-0.3, -0.25) is 0 Å². The van der Waals surface area contributed by atoms with Gasteiger partial charge in [0.15, 0.2) is 6.20 Å². The fourth-order valence-corrected chi connectivity index (χ4v) is 1.06. The molecular weight excluding hydrogens is 258 g/mol. The molecule has 4 nitrogen and oxygen atoms in total. The number of fused-ring (bicyclic) bond motifs is 1. The van der Waals surface area contributed by atoms with Gasteiger partial charge in [-0.15, -0.1) is 0 Å². The smallest absolute Gasteiger partial charge is 2.00 e. The molecule has 0 amide bonds. The van der Waals surface area contributed by atoms with Crippen LogP contribution in [-0.4, -0.2) is 11.0 Å². The minimum absolute atomic E-state index is 0. The number of H-pyrrole nitrogens is 1. The van der Waals surface area contributed by atoms with E-state index in [1.165, 1.54) is 10.9 Å². The van der Waals surface area contributed by atoms with Gasteiger partial charge in [0.2, 0.25) is 5.52 Å². The van der Waals surface area contributed by atoms with Crippen molar-refractivity contribution in [2.45, 2.75) is 0 Å². The Morgan fingerprint density at radius 3 is 2.00 bits per heavy atom. The Bertz CT molecular complexity index is 296. The second-order valence-electron chi connectivity index (χ2n) is 2.26. The number of rotatable bonds is 0. The first-order valence-corrected chi connectivity index (χ1v) is 3.32. The quantitative estimate of drug-likeness (QED) is 0.561. The van der Waals surface area contributed by atoms with Crippen LogP contribution in [-0.2, 0) is 22.8 Å². The first kappa shape index (κ1) is 23.9. The maximum absolute atomic E-state index is 3.15. The number of nitrogens with one attached hydrogen (secondary N) is 1. The van der Waals surface area contributed by atoms with Crippen molar-refractivity contribution in [1.82, 2.24) is 0 Å². The third-order valence-corrected chi connectivity index (χ3v) is 1.57. The largest absolute Gasteiger partial charge is 4.00 e. The summed E-state index contributed by atoms with van der Waals surface area (Å²) in [5, 5.41) is 1.25. The number of aromatic nitrogens is 1. The molecule has 0 unspecified atom stereocenters. The normalized spacial score (nSPS) is 6.67. The Balaban J connectivity index is -0.000000121. The van der Waals surface area contributed by atoms with Crippen LogP contribution in [0, 0.1) is 0 Å². The molecule has 1 aromatic carbocycles. The van der Waals surface area contributed by atoms with Crippen LogP contribution in [0.15, 0.2) is 42.6 Å². The molecule has 2 aromatic rings. The third kappa shape index (κ3) is 5.70. The molecule has 0 radical (unpaired) electrons. The standard InChI is InChI=1S/C9H7N.ClH.Cr.2H2O.O/c1-2-6-9-8(4-1)5-3-7-10-9;;;;;/h1-7H;1H;;2*1H2;/q;;+4;;;-2/p-2. The maximum Gasteiger partial charge on any atom is 4.00 e. The van der Waals surface area contributed by atoms with Crippen molar-refractivity contribution >= 4 is 10.9 Å². The molecule has 0 saturated carbocycles. The molecule has 82 valence electrons. The number of aromatic amines is 1. The molecule has 0 bridgehead atoms. The van der Waals surface area contributed by atoms with Gasteiger partial charge in [-0.25, -0.2) is 4.98 Å². The van der Waals surface area contributed by atoms with Gasteiger partial charge in [0, 0.05) is 17.5 Å². The minimum Gasteiger partial charge on any atom is -2.00 e. The second-order valence-corrected chi connectivity index (χ2v) is 2.26. The summed E-state index contributed by atoms with van der Waals surface area (Å²) in [4.78, 5) is 3.15. The van der Waals surface area contributed by atoms with E-state index in [4.69, 9.17) is 0 Å². The summed E-state index contributed by atoms with van der Waals surface area (Å²) in [6.45, 7) is 0. The van der Waals surface area contributed by atoms with E-state index in [0.717, 1.165) is 0 Å². The Kier molecular flexibility index (Phi) is 18.1. The van der Waals surface area contributed by atoms with Gasteiger partial charge >= 0.3 is 17.4 Å². The van der Waals surface area contributed by atoms with E-state index < -0.39 is 0 Å². The summed E-state index contributed by atoms with van der Waals surface area (Å²) in [5.41, 5.74) is 1.19. The van der Waals surface area contributed by atoms with Crippen molar-refractivity contribution in [3.05, 3.63) is 42.6 Å². The first-order chi connectivity index (χ1) is 4.97. The molecule has 15 heavy (non-hydrogen) atoms. The number of pyridine rings is 1. The molecule has 6 heteroatoms. The summed E-state index contributed by atoms with van der Waals surface area (Å²) < 4.78 is 0. The predicted molar refractivity (Wildman–Crippen MR) is 45.1 cm³/mol. The van der Waals surface area contributed by atoms with E-state index in [9.17, 15) is 0 Å². The van der Waals surface area contributed by atoms with E-state index in [1.54, 1.807) is 0 Å². The molecule has 2 rings (SSSR count). The predicted octanol–water partition coefficient (Wildman–Crippen LogP) is -1.82. The van der Waals surface area contributed by atoms with Gasteiger partial charge < -0.3 is 28.8 Å². The fourth-order valence-electron chi connectivity index (χ4n) is 1.06. The van der Waals surface area contributed by atoms with Crippen LogP contribution < -0.4 is 17.4 Å². The Labute approximate surface area is 105 Å². The van der Waals surface area contributed by atoms with Gasteiger partial charge in [0.05, 0.1) is 0 Å². The van der Waals surface area contributed by atoms with E-state index >= 15 is 0 Å². The Morgan fingerprint density at radius 1 is 0.867 bits per heavy atom. The molecular formula is C9H10ClCrNO3. The first-order valence-electron chi connectivity index (χ1n) is 3.32. The number of hydrogen-bond acceptors (Lipinski definition) is 2. The molecule has 0 spiro atoms. The summed E-state index contributed by atoms with van der Waals surface area (Å²) >= 11 is 0. The van der Waals surface area contributed by atoms with E-state index in [1.807, 2.05) is 24.4 Å². The van der Waals surface area contributed by atoms with Crippen LogP contribution in [0.2, 0.25) is 0 Å². The van der Waals surface area contributed by atoms with E-state index in [-0.39, 0.29) is 46.2 Å². The average Bonchev–Trinajstić information content (AvgIpc) is 2.05. The molecule has 0 aliphatic rings. The summed E-state index contributed by atoms with van der Waals surface area (Å²) in [5.74, 6) is 0. The molecule has 0 aliphatic heterocycles. The van der Waals surface area contributed by atoms with Crippen molar-refractivity contribution in [2.24, 2.45) is 0 Å². The molecule has 0 saturated heterocycles. The summed E-state index contributed by atoms with van der Waals surface area (Å²) in [6.07, 6.45) is 1.93. The van der Waals surface area contributed by atoms with Gasteiger partial charge in [-0.05, 0) is 12.1 Å². The van der Waals surface area contributed by atoms with Crippen LogP contribution in [0.1, 0.15) is 0 Å². The molecule has 0 fully saturated rings. The van der Waals surface area contributed by atoms with Crippen molar-refractivity contribution in [1.29, 1.82) is 0 Å². The van der Waals surface area contributed by atoms with Crippen LogP contribution in [0.3, 0.4) is 0 Å². The van der Waals surface area contributed by atoms with Crippen molar-refractivity contribution in [2.75, 3.05) is 0 Å². The number of hydrogen-bond donors (Lipinski definition) is 0. The Hall–Kier alpha value is -0.668. The topological polar surface area (TPSA) is 103 Å². The average molecular weight is 268 g/mol. The Morgan fingerprint density at radius 2 is 1.40 bits per heavy atom. The fraction of sp³-hybridized carbons (Fsp3) is 0. The van der Waals surface area contributed by atoms with Crippen LogP contribution in [0.4, 0.5) is 0 Å². The SMILES string of the molecule is [Cl-].[Cr+4].[O-2].[OH-].[OH-].c1ccc2[nH+]cccc2c1. The molecule has 3 N–H and O–H groups in total. The van der Waals surface area contributed by atoms with Gasteiger partial charge in [0.1, 0.15) is 0 Å². The zero-order chi connectivity index (χ0) is 6.81. The molecule has 1 aromatic heterocycles. The number of halogens is 1. The van der Waals surface area contributed by atoms with E-state index in [2.05, 4.69) is 23.2 Å². The molecule has 0 aliphatic carbocycles. The zero-order valence-electron chi connectivity index (χ0n) is 7.63. The van der Waals surface area contributed by atoms with Crippen LogP contribution in [0.5, 0.6) is 0 Å². The summed E-state index contributed by atoms with van der Waals surface area (Å²) in [6, 6.07) is 12.3. The second kappa shape index (κ2) is 11.4. The van der Waals surface area contributed by atoms with Crippen molar-refractivity contribution in [3.8, 4) is 0 Å². The number of para-hydroxylation sites is 1. The monoisotopic (exact) mass is 267 g/mol. The van der Waals surface area contributed by atoms with Gasteiger partial charge in [-0.2, -0.15) is 0 Å². The maximum atomic E-state index is 3.15. The van der Waals surface area contributed by atoms with E-state index in [0.29, 0.717) is 0 Å². The van der Waals surface area contributed by atoms with Crippen LogP contribution in [0.25, 0.3) is 10.9 Å². The zero-order valence-corrected chi connectivity index (χ0v) is 9.66. The number of benzene rings is 1. The molecule has 0 atom stereocenters. The van der Waals surface area contributed by atoms with Gasteiger partial charge in [-0.1, -0.05) is 12.1 Å². The summed E-state index contributed by atoms with van der Waals surface area (Å²) in [7, 11) is 0.